The lowest BCUT2D eigenvalue weighted by molar-refractivity contribution is 0.102. The fraction of sp³-hybridized carbons (Fsp3) is 0.158. The number of benzene rings is 1. The van der Waals surface area contributed by atoms with E-state index in [0.717, 1.165) is 16.9 Å². The Bertz CT molecular complexity index is 1160. The van der Waals surface area contributed by atoms with E-state index in [1.807, 2.05) is 50.4 Å². The second-order valence-corrected chi connectivity index (χ2v) is 7.50. The molecule has 4 rings (SSSR count). The first-order chi connectivity index (χ1) is 12.9. The van der Waals surface area contributed by atoms with E-state index in [0.29, 0.717) is 32.4 Å². The summed E-state index contributed by atoms with van der Waals surface area (Å²) in [6, 6.07) is 7.97. The van der Waals surface area contributed by atoms with Gasteiger partial charge >= 0.3 is 0 Å². The van der Waals surface area contributed by atoms with Crippen molar-refractivity contribution in [2.45, 2.75) is 20.8 Å². The van der Waals surface area contributed by atoms with Gasteiger partial charge in [0.1, 0.15) is 0 Å². The minimum atomic E-state index is -0.341. The van der Waals surface area contributed by atoms with E-state index in [1.165, 1.54) is 17.5 Å². The second kappa shape index (κ2) is 6.75. The monoisotopic (exact) mass is 397 g/mol. The number of aryl methyl sites for hydroxylation is 3. The topological polar surface area (TPSA) is 72.7 Å². The summed E-state index contributed by atoms with van der Waals surface area (Å²) >= 11 is 7.93. The van der Waals surface area contributed by atoms with E-state index < -0.39 is 0 Å². The van der Waals surface area contributed by atoms with Crippen LogP contribution >= 0.6 is 22.9 Å². The summed E-state index contributed by atoms with van der Waals surface area (Å²) < 4.78 is 1.74. The number of pyridine rings is 1. The normalized spacial score (nSPS) is 11.1. The van der Waals surface area contributed by atoms with E-state index >= 15 is 0 Å². The van der Waals surface area contributed by atoms with Crippen molar-refractivity contribution in [3.63, 3.8) is 0 Å². The minimum Gasteiger partial charge on any atom is -0.298 e. The van der Waals surface area contributed by atoms with Crippen molar-refractivity contribution in [3.8, 4) is 5.69 Å². The standard InChI is InChI=1S/C19H16ClN5OS/c1-10-4-6-13(7-5-10)25-17-15(12(3)24-25)16(20)14(8-21-17)18(26)23-19-22-11(2)9-27-19/h4-9H,1-3H3,(H,22,23,26). The van der Waals surface area contributed by atoms with Gasteiger partial charge in [-0.2, -0.15) is 5.10 Å². The van der Waals surface area contributed by atoms with Crippen molar-refractivity contribution < 1.29 is 4.79 Å². The Kier molecular flexibility index (Phi) is 4.41. The Morgan fingerprint density at radius 1 is 1.19 bits per heavy atom. The molecule has 1 aromatic carbocycles. The first-order valence-corrected chi connectivity index (χ1v) is 9.54. The first kappa shape index (κ1) is 17.6. The lowest BCUT2D eigenvalue weighted by Crippen LogP contribution is -2.13. The SMILES string of the molecule is Cc1ccc(-n2nc(C)c3c(Cl)c(C(=O)Nc4nc(C)cs4)cnc32)cc1. The summed E-state index contributed by atoms with van der Waals surface area (Å²) in [6.07, 6.45) is 1.48. The van der Waals surface area contributed by atoms with Gasteiger partial charge in [0.2, 0.25) is 0 Å². The van der Waals surface area contributed by atoms with Crippen LogP contribution in [-0.2, 0) is 0 Å². The second-order valence-electron chi connectivity index (χ2n) is 6.27. The summed E-state index contributed by atoms with van der Waals surface area (Å²) in [5.41, 5.74) is 4.52. The van der Waals surface area contributed by atoms with E-state index in [1.54, 1.807) is 4.68 Å². The molecule has 1 amide bonds. The summed E-state index contributed by atoms with van der Waals surface area (Å²) in [5, 5.41) is 10.7. The van der Waals surface area contributed by atoms with Crippen LogP contribution in [0.1, 0.15) is 27.3 Å². The number of carbonyl (C=O) groups excluding carboxylic acids is 1. The molecule has 0 spiro atoms. The number of nitrogens with zero attached hydrogens (tertiary/aromatic N) is 4. The van der Waals surface area contributed by atoms with Crippen LogP contribution in [0.5, 0.6) is 0 Å². The molecule has 0 aliphatic rings. The number of anilines is 1. The molecule has 27 heavy (non-hydrogen) atoms. The number of halogens is 1. The molecule has 8 heteroatoms. The molecular formula is C19H16ClN5OS. The van der Waals surface area contributed by atoms with E-state index in [-0.39, 0.29) is 5.91 Å². The summed E-state index contributed by atoms with van der Waals surface area (Å²) in [6.45, 7) is 5.75. The molecule has 0 fully saturated rings. The number of thiazole rings is 1. The molecule has 0 bridgehead atoms. The highest BCUT2D eigenvalue weighted by molar-refractivity contribution is 7.13. The van der Waals surface area contributed by atoms with Gasteiger partial charge in [-0.05, 0) is 32.9 Å². The van der Waals surface area contributed by atoms with Crippen LogP contribution in [0.2, 0.25) is 5.02 Å². The molecule has 0 unspecified atom stereocenters. The summed E-state index contributed by atoms with van der Waals surface area (Å²) in [4.78, 5) is 21.3. The van der Waals surface area contributed by atoms with Crippen molar-refractivity contribution >= 4 is 45.0 Å². The van der Waals surface area contributed by atoms with Crippen LogP contribution in [-0.4, -0.2) is 25.7 Å². The molecule has 0 saturated heterocycles. The maximum absolute atomic E-state index is 12.6. The van der Waals surface area contributed by atoms with Crippen molar-refractivity contribution in [2.75, 3.05) is 5.32 Å². The quantitative estimate of drug-likeness (QED) is 0.543. The zero-order valence-corrected chi connectivity index (χ0v) is 16.5. The first-order valence-electron chi connectivity index (χ1n) is 8.28. The fourth-order valence-electron chi connectivity index (χ4n) is 2.81. The Morgan fingerprint density at radius 3 is 2.59 bits per heavy atom. The zero-order chi connectivity index (χ0) is 19.1. The van der Waals surface area contributed by atoms with Gasteiger partial charge in [-0.25, -0.2) is 14.6 Å². The van der Waals surface area contributed by atoms with Gasteiger partial charge in [0.25, 0.3) is 5.91 Å². The number of nitrogens with one attached hydrogen (secondary N) is 1. The average Bonchev–Trinajstić information content (AvgIpc) is 3.19. The molecule has 0 radical (unpaired) electrons. The highest BCUT2D eigenvalue weighted by atomic mass is 35.5. The maximum Gasteiger partial charge on any atom is 0.260 e. The number of carbonyl (C=O) groups is 1. The molecule has 3 aromatic heterocycles. The van der Waals surface area contributed by atoms with Gasteiger partial charge in [0, 0.05) is 11.6 Å². The van der Waals surface area contributed by atoms with Crippen LogP contribution in [0.25, 0.3) is 16.7 Å². The van der Waals surface area contributed by atoms with Crippen molar-refractivity contribution in [1.82, 2.24) is 19.7 Å². The van der Waals surface area contributed by atoms with Gasteiger partial charge in [0.05, 0.1) is 33.0 Å². The van der Waals surface area contributed by atoms with Crippen LogP contribution in [0.3, 0.4) is 0 Å². The third-order valence-electron chi connectivity index (χ3n) is 4.17. The Balaban J connectivity index is 1.77. The summed E-state index contributed by atoms with van der Waals surface area (Å²) in [5.74, 6) is -0.341. The highest BCUT2D eigenvalue weighted by Gasteiger charge is 2.20. The fourth-order valence-corrected chi connectivity index (χ4v) is 3.85. The van der Waals surface area contributed by atoms with Crippen LogP contribution in [0.15, 0.2) is 35.8 Å². The third kappa shape index (κ3) is 3.20. The number of aromatic nitrogens is 4. The zero-order valence-electron chi connectivity index (χ0n) is 14.9. The number of amides is 1. The summed E-state index contributed by atoms with van der Waals surface area (Å²) in [7, 11) is 0. The minimum absolute atomic E-state index is 0.295. The van der Waals surface area contributed by atoms with Crippen molar-refractivity contribution in [3.05, 3.63) is 63.4 Å². The van der Waals surface area contributed by atoms with Gasteiger partial charge in [-0.15, -0.1) is 11.3 Å². The van der Waals surface area contributed by atoms with Crippen LogP contribution < -0.4 is 5.32 Å². The molecule has 0 atom stereocenters. The van der Waals surface area contributed by atoms with Gasteiger partial charge < -0.3 is 0 Å². The molecule has 4 aromatic rings. The molecule has 0 aliphatic carbocycles. The number of rotatable bonds is 3. The number of hydrogen-bond donors (Lipinski definition) is 1. The Labute approximate surface area is 164 Å². The van der Waals surface area contributed by atoms with E-state index in [2.05, 4.69) is 20.4 Å². The predicted octanol–water partition coefficient (Wildman–Crippen LogP) is 4.71. The molecule has 0 saturated carbocycles. The van der Waals surface area contributed by atoms with E-state index in [4.69, 9.17) is 11.6 Å². The number of fused-ring (bicyclic) bond motifs is 1. The molecule has 136 valence electrons. The molecular weight excluding hydrogens is 382 g/mol. The third-order valence-corrected chi connectivity index (χ3v) is 5.44. The lowest BCUT2D eigenvalue weighted by Gasteiger charge is -2.06. The Hall–Kier alpha value is -2.77. The molecule has 6 nitrogen and oxygen atoms in total. The van der Waals surface area contributed by atoms with Crippen LogP contribution in [0, 0.1) is 20.8 Å². The van der Waals surface area contributed by atoms with Gasteiger partial charge in [0.15, 0.2) is 10.8 Å². The molecule has 3 heterocycles. The van der Waals surface area contributed by atoms with Gasteiger partial charge in [-0.3, -0.25) is 10.1 Å². The number of hydrogen-bond acceptors (Lipinski definition) is 5. The van der Waals surface area contributed by atoms with Gasteiger partial charge in [-0.1, -0.05) is 29.3 Å². The maximum atomic E-state index is 12.6. The average molecular weight is 398 g/mol. The molecule has 1 N–H and O–H groups in total. The lowest BCUT2D eigenvalue weighted by atomic mass is 10.2. The predicted molar refractivity (Wildman–Crippen MR) is 108 cm³/mol. The largest absolute Gasteiger partial charge is 0.298 e. The molecule has 0 aliphatic heterocycles. The Morgan fingerprint density at radius 2 is 1.93 bits per heavy atom. The van der Waals surface area contributed by atoms with Crippen molar-refractivity contribution in [1.29, 1.82) is 0 Å². The van der Waals surface area contributed by atoms with Crippen LogP contribution in [0.4, 0.5) is 5.13 Å². The highest BCUT2D eigenvalue weighted by Crippen LogP contribution is 2.30. The van der Waals surface area contributed by atoms with E-state index in [9.17, 15) is 4.79 Å². The van der Waals surface area contributed by atoms with Crippen molar-refractivity contribution in [2.24, 2.45) is 0 Å². The smallest absolute Gasteiger partial charge is 0.260 e.